The van der Waals surface area contributed by atoms with E-state index in [2.05, 4.69) is 0 Å². The molecule has 1 aromatic heterocycles. The number of carbonyl (C=O) groups is 2. The van der Waals surface area contributed by atoms with Crippen molar-refractivity contribution in [2.75, 3.05) is 25.6 Å². The maximum Gasteiger partial charge on any atom is 0.228 e. The first-order chi connectivity index (χ1) is 12.0. The molecule has 2 aromatic rings. The summed E-state index contributed by atoms with van der Waals surface area (Å²) in [5, 5.41) is 0. The molecule has 1 atom stereocenters. The summed E-state index contributed by atoms with van der Waals surface area (Å²) < 4.78 is 10.7. The van der Waals surface area contributed by atoms with E-state index in [9.17, 15) is 9.59 Å². The number of hydrogen-bond acceptors (Lipinski definition) is 4. The summed E-state index contributed by atoms with van der Waals surface area (Å²) in [6, 6.07) is 11.1. The Morgan fingerprint density at radius 2 is 2.16 bits per heavy atom. The van der Waals surface area contributed by atoms with Gasteiger partial charge >= 0.3 is 0 Å². The quantitative estimate of drug-likeness (QED) is 0.838. The molecule has 1 aromatic carbocycles. The first kappa shape index (κ1) is 17.1. The molecule has 0 spiro atoms. The van der Waals surface area contributed by atoms with Crippen molar-refractivity contribution in [1.82, 2.24) is 4.90 Å². The number of anilines is 1. The van der Waals surface area contributed by atoms with Crippen LogP contribution in [-0.4, -0.2) is 37.4 Å². The fourth-order valence-corrected chi connectivity index (χ4v) is 3.09. The van der Waals surface area contributed by atoms with Gasteiger partial charge in [-0.3, -0.25) is 9.59 Å². The Morgan fingerprint density at radius 1 is 1.36 bits per heavy atom. The van der Waals surface area contributed by atoms with Gasteiger partial charge in [0.1, 0.15) is 17.3 Å². The molecule has 0 bridgehead atoms. The zero-order chi connectivity index (χ0) is 18.0. The Hall–Kier alpha value is -2.76. The highest BCUT2D eigenvalue weighted by molar-refractivity contribution is 6.00. The van der Waals surface area contributed by atoms with Crippen LogP contribution in [0.3, 0.4) is 0 Å². The highest BCUT2D eigenvalue weighted by Gasteiger charge is 2.36. The van der Waals surface area contributed by atoms with Crippen LogP contribution < -0.4 is 9.64 Å². The van der Waals surface area contributed by atoms with Crippen molar-refractivity contribution in [1.29, 1.82) is 0 Å². The van der Waals surface area contributed by atoms with Crippen LogP contribution in [0.25, 0.3) is 0 Å². The number of methoxy groups -OCH3 is 1. The van der Waals surface area contributed by atoms with Gasteiger partial charge in [0.25, 0.3) is 0 Å². The van der Waals surface area contributed by atoms with Crippen LogP contribution in [0.4, 0.5) is 5.69 Å². The molecule has 1 saturated heterocycles. The third-order valence-corrected chi connectivity index (χ3v) is 4.40. The second kappa shape index (κ2) is 7.01. The summed E-state index contributed by atoms with van der Waals surface area (Å²) in [5.41, 5.74) is 0.754. The molecule has 2 heterocycles. The first-order valence-electron chi connectivity index (χ1n) is 8.22. The molecule has 0 N–H and O–H groups in total. The Bertz CT molecular complexity index is 783. The highest BCUT2D eigenvalue weighted by atomic mass is 16.5. The monoisotopic (exact) mass is 342 g/mol. The summed E-state index contributed by atoms with van der Waals surface area (Å²) >= 11 is 0. The summed E-state index contributed by atoms with van der Waals surface area (Å²) in [6.45, 7) is 2.65. The molecule has 1 aliphatic heterocycles. The normalized spacial score (nSPS) is 17.0. The molecule has 0 radical (unpaired) electrons. The molecule has 25 heavy (non-hydrogen) atoms. The van der Waals surface area contributed by atoms with Gasteiger partial charge in [0.15, 0.2) is 0 Å². The van der Waals surface area contributed by atoms with Gasteiger partial charge in [0.2, 0.25) is 11.8 Å². The predicted molar refractivity (Wildman–Crippen MR) is 93.4 cm³/mol. The van der Waals surface area contributed by atoms with E-state index in [0.29, 0.717) is 18.8 Å². The van der Waals surface area contributed by atoms with Crippen molar-refractivity contribution >= 4 is 17.5 Å². The molecular formula is C19H22N2O4. The van der Waals surface area contributed by atoms with Crippen molar-refractivity contribution in [2.24, 2.45) is 5.92 Å². The number of aryl methyl sites for hydroxylation is 1. The van der Waals surface area contributed by atoms with Gasteiger partial charge < -0.3 is 19.0 Å². The molecule has 132 valence electrons. The Balaban J connectivity index is 1.67. The minimum absolute atomic E-state index is 0.0474. The van der Waals surface area contributed by atoms with Crippen molar-refractivity contribution in [3.05, 3.63) is 47.9 Å². The number of carbonyl (C=O) groups excluding carboxylic acids is 2. The molecule has 2 amide bonds. The van der Waals surface area contributed by atoms with Gasteiger partial charge in [0, 0.05) is 31.8 Å². The van der Waals surface area contributed by atoms with Crippen LogP contribution in [0.2, 0.25) is 0 Å². The van der Waals surface area contributed by atoms with E-state index in [1.54, 1.807) is 30.0 Å². The molecule has 1 fully saturated rings. The molecule has 1 unspecified atom stereocenters. The van der Waals surface area contributed by atoms with E-state index in [4.69, 9.17) is 9.15 Å². The average molecular weight is 342 g/mol. The minimum atomic E-state index is -0.347. The fraction of sp³-hybridized carbons (Fsp3) is 0.368. The van der Waals surface area contributed by atoms with Crippen molar-refractivity contribution < 1.29 is 18.7 Å². The molecular weight excluding hydrogens is 320 g/mol. The van der Waals surface area contributed by atoms with E-state index < -0.39 is 0 Å². The molecule has 0 saturated carbocycles. The van der Waals surface area contributed by atoms with E-state index in [0.717, 1.165) is 17.2 Å². The SMILES string of the molecule is COc1cccc(N2CC(C(=O)N(C)Cc3ccc(C)o3)CC2=O)c1. The van der Waals surface area contributed by atoms with Gasteiger partial charge in [-0.2, -0.15) is 0 Å². The molecule has 6 nitrogen and oxygen atoms in total. The average Bonchev–Trinajstić information content (AvgIpc) is 3.19. The highest BCUT2D eigenvalue weighted by Crippen LogP contribution is 2.28. The summed E-state index contributed by atoms with van der Waals surface area (Å²) in [4.78, 5) is 28.3. The first-order valence-corrected chi connectivity index (χ1v) is 8.22. The third-order valence-electron chi connectivity index (χ3n) is 4.40. The smallest absolute Gasteiger partial charge is 0.228 e. The van der Waals surface area contributed by atoms with Gasteiger partial charge in [-0.25, -0.2) is 0 Å². The third kappa shape index (κ3) is 3.68. The number of amides is 2. The zero-order valence-electron chi connectivity index (χ0n) is 14.7. The van der Waals surface area contributed by atoms with E-state index in [-0.39, 0.29) is 24.2 Å². The van der Waals surface area contributed by atoms with Gasteiger partial charge in [-0.05, 0) is 31.2 Å². The standard InChI is InChI=1S/C19H22N2O4/c1-13-7-8-17(25-13)12-20(2)19(23)14-9-18(22)21(11-14)15-5-4-6-16(10-15)24-3/h4-8,10,14H,9,11-12H2,1-3H3. The summed E-state index contributed by atoms with van der Waals surface area (Å²) in [6.07, 6.45) is 0.220. The number of rotatable bonds is 5. The van der Waals surface area contributed by atoms with E-state index in [1.807, 2.05) is 37.3 Å². The molecule has 6 heteroatoms. The number of ether oxygens (including phenoxy) is 1. The molecule has 0 aliphatic carbocycles. The van der Waals surface area contributed by atoms with Crippen LogP contribution in [0.5, 0.6) is 5.75 Å². The minimum Gasteiger partial charge on any atom is -0.497 e. The van der Waals surface area contributed by atoms with Crippen molar-refractivity contribution in [3.63, 3.8) is 0 Å². The summed E-state index contributed by atoms with van der Waals surface area (Å²) in [7, 11) is 3.32. The van der Waals surface area contributed by atoms with Gasteiger partial charge in [-0.15, -0.1) is 0 Å². The lowest BCUT2D eigenvalue weighted by Gasteiger charge is -2.21. The molecule has 1 aliphatic rings. The van der Waals surface area contributed by atoms with E-state index in [1.165, 1.54) is 0 Å². The lowest BCUT2D eigenvalue weighted by molar-refractivity contribution is -0.135. The van der Waals surface area contributed by atoms with Crippen LogP contribution >= 0.6 is 0 Å². The predicted octanol–water partition coefficient (Wildman–Crippen LogP) is 2.61. The van der Waals surface area contributed by atoms with Crippen molar-refractivity contribution in [3.8, 4) is 5.75 Å². The Labute approximate surface area is 147 Å². The fourth-order valence-electron chi connectivity index (χ4n) is 3.09. The Morgan fingerprint density at radius 3 is 2.84 bits per heavy atom. The van der Waals surface area contributed by atoms with Crippen molar-refractivity contribution in [2.45, 2.75) is 19.9 Å². The largest absolute Gasteiger partial charge is 0.497 e. The topological polar surface area (TPSA) is 63.0 Å². The number of nitrogens with zero attached hydrogens (tertiary/aromatic N) is 2. The lowest BCUT2D eigenvalue weighted by atomic mass is 10.1. The Kier molecular flexibility index (Phi) is 4.79. The second-order valence-electron chi connectivity index (χ2n) is 6.31. The zero-order valence-corrected chi connectivity index (χ0v) is 14.7. The van der Waals surface area contributed by atoms with Gasteiger partial charge in [-0.1, -0.05) is 6.07 Å². The van der Waals surface area contributed by atoms with Crippen LogP contribution in [0, 0.1) is 12.8 Å². The van der Waals surface area contributed by atoms with Crippen LogP contribution in [-0.2, 0) is 16.1 Å². The number of benzene rings is 1. The second-order valence-corrected chi connectivity index (χ2v) is 6.31. The lowest BCUT2D eigenvalue weighted by Crippen LogP contribution is -2.34. The molecule has 3 rings (SSSR count). The van der Waals surface area contributed by atoms with Gasteiger partial charge in [0.05, 0.1) is 19.6 Å². The van der Waals surface area contributed by atoms with Crippen LogP contribution in [0.15, 0.2) is 40.8 Å². The van der Waals surface area contributed by atoms with E-state index >= 15 is 0 Å². The number of hydrogen-bond donors (Lipinski definition) is 0. The maximum absolute atomic E-state index is 12.7. The van der Waals surface area contributed by atoms with Crippen LogP contribution in [0.1, 0.15) is 17.9 Å². The summed E-state index contributed by atoms with van der Waals surface area (Å²) in [5.74, 6) is 1.80. The maximum atomic E-state index is 12.7. The number of furan rings is 1.